The van der Waals surface area contributed by atoms with E-state index in [1.165, 1.54) is 0 Å². The quantitative estimate of drug-likeness (QED) is 0.750. The number of hydrogen-bond donors (Lipinski definition) is 2. The zero-order valence-electron chi connectivity index (χ0n) is 11.5. The molecule has 2 aromatic rings. The highest BCUT2D eigenvalue weighted by Crippen LogP contribution is 2.12. The molecule has 0 radical (unpaired) electrons. The van der Waals surface area contributed by atoms with Gasteiger partial charge in [0.1, 0.15) is 0 Å². The molecule has 0 fully saturated rings. The van der Waals surface area contributed by atoms with Crippen LogP contribution in [0, 0.1) is 0 Å². The van der Waals surface area contributed by atoms with Crippen LogP contribution in [0.15, 0.2) is 36.9 Å². The molecule has 2 aromatic heterocycles. The Hall–Kier alpha value is -2.37. The molecular formula is C14H19N5O. The Morgan fingerprint density at radius 1 is 1.40 bits per heavy atom. The van der Waals surface area contributed by atoms with Gasteiger partial charge in [0.05, 0.1) is 11.3 Å². The van der Waals surface area contributed by atoms with Crippen molar-refractivity contribution >= 4 is 11.6 Å². The van der Waals surface area contributed by atoms with Crippen LogP contribution in [0.5, 0.6) is 0 Å². The number of aryl methyl sites for hydroxylation is 1. The van der Waals surface area contributed by atoms with E-state index in [1.807, 2.05) is 29.9 Å². The highest BCUT2D eigenvalue weighted by atomic mass is 16.1. The van der Waals surface area contributed by atoms with Crippen LogP contribution >= 0.6 is 0 Å². The van der Waals surface area contributed by atoms with Gasteiger partial charge in [0.25, 0.3) is 5.91 Å². The van der Waals surface area contributed by atoms with Gasteiger partial charge >= 0.3 is 0 Å². The van der Waals surface area contributed by atoms with E-state index in [9.17, 15) is 4.79 Å². The third-order valence-electron chi connectivity index (χ3n) is 2.84. The van der Waals surface area contributed by atoms with Gasteiger partial charge in [0.15, 0.2) is 0 Å². The van der Waals surface area contributed by atoms with Crippen molar-refractivity contribution < 1.29 is 4.79 Å². The van der Waals surface area contributed by atoms with Crippen molar-refractivity contribution in [1.82, 2.24) is 20.1 Å². The van der Waals surface area contributed by atoms with Crippen molar-refractivity contribution in [2.75, 3.05) is 18.4 Å². The lowest BCUT2D eigenvalue weighted by Gasteiger charge is -2.10. The van der Waals surface area contributed by atoms with Crippen molar-refractivity contribution in [3.63, 3.8) is 0 Å². The van der Waals surface area contributed by atoms with E-state index >= 15 is 0 Å². The summed E-state index contributed by atoms with van der Waals surface area (Å²) < 4.78 is 1.85. The Kier molecular flexibility index (Phi) is 5.11. The molecular weight excluding hydrogens is 254 g/mol. The molecule has 106 valence electrons. The molecule has 0 aliphatic heterocycles. The lowest BCUT2D eigenvalue weighted by Crippen LogP contribution is -2.26. The average molecular weight is 273 g/mol. The first-order valence-electron chi connectivity index (χ1n) is 6.74. The van der Waals surface area contributed by atoms with Crippen LogP contribution in [-0.2, 0) is 6.54 Å². The van der Waals surface area contributed by atoms with E-state index in [2.05, 4.69) is 20.7 Å². The fourth-order valence-corrected chi connectivity index (χ4v) is 1.89. The van der Waals surface area contributed by atoms with Crippen molar-refractivity contribution in [2.45, 2.75) is 19.9 Å². The van der Waals surface area contributed by atoms with E-state index in [0.717, 1.165) is 25.2 Å². The van der Waals surface area contributed by atoms with Gasteiger partial charge in [-0.2, -0.15) is 5.10 Å². The SMILES string of the molecule is CCNc1ccncc1C(=O)NCCCn1cccn1. The van der Waals surface area contributed by atoms with Gasteiger partial charge in [-0.15, -0.1) is 0 Å². The van der Waals surface area contributed by atoms with Crippen molar-refractivity contribution in [2.24, 2.45) is 0 Å². The Labute approximate surface area is 118 Å². The summed E-state index contributed by atoms with van der Waals surface area (Å²) >= 11 is 0. The Balaban J connectivity index is 1.82. The highest BCUT2D eigenvalue weighted by Gasteiger charge is 2.10. The molecule has 2 N–H and O–H groups in total. The number of carbonyl (C=O) groups excluding carboxylic acids is 1. The van der Waals surface area contributed by atoms with Gasteiger partial charge in [-0.1, -0.05) is 0 Å². The van der Waals surface area contributed by atoms with Crippen molar-refractivity contribution in [3.05, 3.63) is 42.5 Å². The predicted octanol–water partition coefficient (Wildman–Crippen LogP) is 1.53. The maximum absolute atomic E-state index is 12.1. The van der Waals surface area contributed by atoms with Crippen LogP contribution in [0.1, 0.15) is 23.7 Å². The molecule has 0 atom stereocenters. The van der Waals surface area contributed by atoms with Gasteiger partial charge in [0, 0.05) is 44.4 Å². The molecule has 0 aliphatic rings. The number of amides is 1. The van der Waals surface area contributed by atoms with E-state index in [4.69, 9.17) is 0 Å². The molecule has 1 amide bonds. The van der Waals surface area contributed by atoms with Gasteiger partial charge in [-0.25, -0.2) is 0 Å². The molecule has 20 heavy (non-hydrogen) atoms. The number of rotatable bonds is 7. The lowest BCUT2D eigenvalue weighted by molar-refractivity contribution is 0.0953. The molecule has 0 spiro atoms. The summed E-state index contributed by atoms with van der Waals surface area (Å²) in [5, 5.41) is 10.2. The van der Waals surface area contributed by atoms with Crippen LogP contribution in [0.25, 0.3) is 0 Å². The molecule has 0 aliphatic carbocycles. The number of aromatic nitrogens is 3. The monoisotopic (exact) mass is 273 g/mol. The first-order valence-corrected chi connectivity index (χ1v) is 6.74. The minimum absolute atomic E-state index is 0.102. The summed E-state index contributed by atoms with van der Waals surface area (Å²) in [6.07, 6.45) is 7.75. The summed E-state index contributed by atoms with van der Waals surface area (Å²) in [5.41, 5.74) is 1.39. The Bertz CT molecular complexity index is 538. The molecule has 6 heteroatoms. The number of nitrogens with zero attached hydrogens (tertiary/aromatic N) is 3. The second-order valence-corrected chi connectivity index (χ2v) is 4.33. The van der Waals surface area contributed by atoms with Crippen LogP contribution < -0.4 is 10.6 Å². The molecule has 0 bridgehead atoms. The average Bonchev–Trinajstić information content (AvgIpc) is 2.97. The van der Waals surface area contributed by atoms with E-state index < -0.39 is 0 Å². The molecule has 0 aromatic carbocycles. The largest absolute Gasteiger partial charge is 0.385 e. The third-order valence-corrected chi connectivity index (χ3v) is 2.84. The maximum atomic E-state index is 12.1. The zero-order valence-corrected chi connectivity index (χ0v) is 11.5. The van der Waals surface area contributed by atoms with Gasteiger partial charge in [-0.05, 0) is 25.5 Å². The lowest BCUT2D eigenvalue weighted by atomic mass is 10.2. The summed E-state index contributed by atoms with van der Waals surface area (Å²) in [7, 11) is 0. The third kappa shape index (κ3) is 3.81. The highest BCUT2D eigenvalue weighted by molar-refractivity contribution is 5.99. The fourth-order valence-electron chi connectivity index (χ4n) is 1.89. The second-order valence-electron chi connectivity index (χ2n) is 4.33. The zero-order chi connectivity index (χ0) is 14.2. The second kappa shape index (κ2) is 7.28. The summed E-state index contributed by atoms with van der Waals surface area (Å²) in [6, 6.07) is 3.69. The van der Waals surface area contributed by atoms with Gasteiger partial charge in [0.2, 0.25) is 0 Å². The Morgan fingerprint density at radius 2 is 2.30 bits per heavy atom. The predicted molar refractivity (Wildman–Crippen MR) is 77.6 cm³/mol. The van der Waals surface area contributed by atoms with Crippen molar-refractivity contribution in [1.29, 1.82) is 0 Å². The minimum Gasteiger partial charge on any atom is -0.385 e. The standard InChI is InChI=1S/C14H19N5O/c1-2-16-13-5-8-15-11-12(13)14(20)17-6-3-9-19-10-4-7-18-19/h4-5,7-8,10-11H,2-3,6,9H2,1H3,(H,15,16)(H,17,20). The molecule has 0 saturated carbocycles. The normalized spacial score (nSPS) is 10.2. The van der Waals surface area contributed by atoms with Crippen LogP contribution in [0.4, 0.5) is 5.69 Å². The molecule has 6 nitrogen and oxygen atoms in total. The van der Waals surface area contributed by atoms with Gasteiger partial charge in [-0.3, -0.25) is 14.5 Å². The summed E-state index contributed by atoms with van der Waals surface area (Å²) in [5.74, 6) is -0.102. The molecule has 0 unspecified atom stereocenters. The molecule has 2 heterocycles. The van der Waals surface area contributed by atoms with E-state index in [1.54, 1.807) is 18.6 Å². The van der Waals surface area contributed by atoms with E-state index in [-0.39, 0.29) is 5.91 Å². The Morgan fingerprint density at radius 3 is 3.05 bits per heavy atom. The number of hydrogen-bond acceptors (Lipinski definition) is 4. The van der Waals surface area contributed by atoms with Gasteiger partial charge < -0.3 is 10.6 Å². The van der Waals surface area contributed by atoms with Crippen molar-refractivity contribution in [3.8, 4) is 0 Å². The summed E-state index contributed by atoms with van der Waals surface area (Å²) in [6.45, 7) is 4.16. The van der Waals surface area contributed by atoms with E-state index in [0.29, 0.717) is 12.1 Å². The number of pyridine rings is 1. The minimum atomic E-state index is -0.102. The topological polar surface area (TPSA) is 71.8 Å². The fraction of sp³-hybridized carbons (Fsp3) is 0.357. The van der Waals surface area contributed by atoms with Crippen LogP contribution in [0.3, 0.4) is 0 Å². The van der Waals surface area contributed by atoms with Crippen LogP contribution in [-0.4, -0.2) is 33.8 Å². The molecule has 2 rings (SSSR count). The number of nitrogens with one attached hydrogen (secondary N) is 2. The molecule has 0 saturated heterocycles. The number of anilines is 1. The number of carbonyl (C=O) groups is 1. The first kappa shape index (κ1) is 14.0. The smallest absolute Gasteiger partial charge is 0.254 e. The first-order chi connectivity index (χ1) is 9.81. The summed E-state index contributed by atoms with van der Waals surface area (Å²) in [4.78, 5) is 16.1. The maximum Gasteiger partial charge on any atom is 0.254 e. The van der Waals surface area contributed by atoms with Crippen LogP contribution in [0.2, 0.25) is 0 Å².